The van der Waals surface area contributed by atoms with Crippen LogP contribution in [0.2, 0.25) is 13.3 Å². The first-order valence-electron chi connectivity index (χ1n) is 11.2. The Labute approximate surface area is 176 Å². The molecule has 160 valence electrons. The Morgan fingerprint density at radius 3 is 2.04 bits per heavy atom. The van der Waals surface area contributed by atoms with Gasteiger partial charge in [0.25, 0.3) is 0 Å². The molecular weight excluding hydrogens is 457 g/mol. The number of carbonyl (C=O) groups is 1. The number of benzene rings is 1. The van der Waals surface area contributed by atoms with E-state index in [1.807, 2.05) is 30.3 Å². The van der Waals surface area contributed by atoms with Gasteiger partial charge in [-0.15, -0.1) is 0 Å². The van der Waals surface area contributed by atoms with Crippen LogP contribution in [0.15, 0.2) is 30.3 Å². The Morgan fingerprint density at radius 2 is 1.50 bits per heavy atom. The molecular formula is C23H41NO3Sn. The normalized spacial score (nSPS) is 11.4. The zero-order valence-corrected chi connectivity index (χ0v) is 21.2. The van der Waals surface area contributed by atoms with Gasteiger partial charge in [0.05, 0.1) is 0 Å². The fourth-order valence-electron chi connectivity index (χ4n) is 3.53. The number of rotatable bonds is 16. The van der Waals surface area contributed by atoms with Gasteiger partial charge in [0.15, 0.2) is 0 Å². The number of amides is 1. The molecule has 0 aliphatic carbocycles. The molecule has 0 aliphatic rings. The van der Waals surface area contributed by atoms with E-state index in [1.54, 1.807) is 0 Å². The number of alkyl carbamates (subject to hydrolysis) is 1. The van der Waals surface area contributed by atoms with Crippen molar-refractivity contribution in [2.45, 2.75) is 79.2 Å². The van der Waals surface area contributed by atoms with E-state index in [9.17, 15) is 4.79 Å². The molecule has 4 nitrogen and oxygen atoms in total. The van der Waals surface area contributed by atoms with Crippen molar-refractivity contribution >= 4 is 24.5 Å². The van der Waals surface area contributed by atoms with Crippen molar-refractivity contribution in [2.24, 2.45) is 0 Å². The summed E-state index contributed by atoms with van der Waals surface area (Å²) < 4.78 is 16.7. The van der Waals surface area contributed by atoms with E-state index in [-0.39, 0.29) is 6.09 Å². The second-order valence-corrected chi connectivity index (χ2v) is 21.5. The summed E-state index contributed by atoms with van der Waals surface area (Å²) in [6.07, 6.45) is 7.55. The van der Waals surface area contributed by atoms with Gasteiger partial charge < -0.3 is 0 Å². The van der Waals surface area contributed by atoms with Crippen molar-refractivity contribution in [3.05, 3.63) is 35.9 Å². The number of nitrogens with one attached hydrogen (secondary N) is 1. The Bertz CT molecular complexity index is 488. The van der Waals surface area contributed by atoms with Crippen molar-refractivity contribution in [2.75, 3.05) is 17.8 Å². The molecule has 0 saturated heterocycles. The number of hydrogen-bond acceptors (Lipinski definition) is 3. The van der Waals surface area contributed by atoms with Crippen molar-refractivity contribution in [1.82, 2.24) is 5.32 Å². The summed E-state index contributed by atoms with van der Waals surface area (Å²) in [6, 6.07) is 9.74. The third-order valence-electron chi connectivity index (χ3n) is 5.32. The quantitative estimate of drug-likeness (QED) is 0.215. The Kier molecular flexibility index (Phi) is 14.5. The van der Waals surface area contributed by atoms with Crippen LogP contribution in [0.5, 0.6) is 0 Å². The summed E-state index contributed by atoms with van der Waals surface area (Å²) >= 11 is -2.21. The molecule has 0 radical (unpaired) electrons. The van der Waals surface area contributed by atoms with Gasteiger partial charge in [-0.1, -0.05) is 0 Å². The van der Waals surface area contributed by atoms with Crippen LogP contribution in [0.25, 0.3) is 0 Å². The van der Waals surface area contributed by atoms with E-state index in [0.717, 1.165) is 10.2 Å². The summed E-state index contributed by atoms with van der Waals surface area (Å²) in [6.45, 7) is 8.29. The average Bonchev–Trinajstić information content (AvgIpc) is 2.73. The van der Waals surface area contributed by atoms with Crippen LogP contribution in [0.1, 0.15) is 64.9 Å². The minimum atomic E-state index is -2.21. The van der Waals surface area contributed by atoms with Crippen molar-refractivity contribution in [3.8, 4) is 0 Å². The van der Waals surface area contributed by atoms with E-state index < -0.39 is 18.4 Å². The van der Waals surface area contributed by atoms with Gasteiger partial charge in [0.1, 0.15) is 0 Å². The van der Waals surface area contributed by atoms with Crippen molar-refractivity contribution in [1.29, 1.82) is 0 Å². The third kappa shape index (κ3) is 11.3. The second kappa shape index (κ2) is 16.1. The maximum absolute atomic E-state index is 11.8. The van der Waals surface area contributed by atoms with Crippen LogP contribution >= 0.6 is 0 Å². The molecule has 0 saturated carbocycles. The van der Waals surface area contributed by atoms with Crippen LogP contribution < -0.4 is 5.32 Å². The molecule has 0 aromatic heterocycles. The predicted octanol–water partition coefficient (Wildman–Crippen LogP) is 6.32. The topological polar surface area (TPSA) is 47.6 Å². The van der Waals surface area contributed by atoms with Gasteiger partial charge in [-0.25, -0.2) is 0 Å². The zero-order valence-electron chi connectivity index (χ0n) is 18.3. The summed E-state index contributed by atoms with van der Waals surface area (Å²) in [4.78, 5) is 11.8. The first-order chi connectivity index (χ1) is 13.7. The van der Waals surface area contributed by atoms with E-state index in [1.165, 1.54) is 51.8 Å². The second-order valence-electron chi connectivity index (χ2n) is 7.85. The number of unbranched alkanes of at least 4 members (excludes halogenated alkanes) is 3. The van der Waals surface area contributed by atoms with Crippen LogP contribution in [0.4, 0.5) is 4.79 Å². The van der Waals surface area contributed by atoms with Gasteiger partial charge >= 0.3 is 177 Å². The molecule has 0 atom stereocenters. The summed E-state index contributed by atoms with van der Waals surface area (Å²) in [7, 11) is 0. The zero-order chi connectivity index (χ0) is 20.5. The predicted molar refractivity (Wildman–Crippen MR) is 120 cm³/mol. The van der Waals surface area contributed by atoms with Gasteiger partial charge in [-0.2, -0.15) is 0 Å². The van der Waals surface area contributed by atoms with Gasteiger partial charge in [-0.3, -0.25) is 0 Å². The fraction of sp³-hybridized carbons (Fsp3) is 0.696. The molecule has 0 unspecified atom stereocenters. The molecule has 1 aromatic rings. The minimum absolute atomic E-state index is 0.304. The summed E-state index contributed by atoms with van der Waals surface area (Å²) in [5.41, 5.74) is 0.996. The van der Waals surface area contributed by atoms with Crippen LogP contribution in [0, 0.1) is 0 Å². The Hall–Kier alpha value is -0.751. The van der Waals surface area contributed by atoms with E-state index in [2.05, 4.69) is 26.1 Å². The fourth-order valence-corrected chi connectivity index (χ4v) is 18.0. The molecule has 0 spiro atoms. The van der Waals surface area contributed by atoms with Crippen LogP contribution in [-0.4, -0.2) is 42.2 Å². The molecule has 0 fully saturated rings. The molecule has 28 heavy (non-hydrogen) atoms. The molecule has 0 bridgehead atoms. The number of hydrogen-bond donors (Lipinski definition) is 1. The van der Waals surface area contributed by atoms with Crippen molar-refractivity contribution in [3.63, 3.8) is 0 Å². The number of ether oxygens (including phenoxy) is 2. The SMILES string of the molecule is CCC[CH2][Sn]([CH2]CCC)([CH2]CCC)[CH2]OCCNC(=O)OCc1ccccc1. The molecule has 5 heteroatoms. The monoisotopic (exact) mass is 499 g/mol. The summed E-state index contributed by atoms with van der Waals surface area (Å²) in [5, 5.41) is 2.81. The van der Waals surface area contributed by atoms with Gasteiger partial charge in [-0.05, 0) is 0 Å². The maximum atomic E-state index is 11.8. The molecule has 0 aliphatic heterocycles. The number of carbonyl (C=O) groups excluding carboxylic acids is 1. The first-order valence-corrected chi connectivity index (χ1v) is 19.3. The molecule has 1 aromatic carbocycles. The van der Waals surface area contributed by atoms with Gasteiger partial charge in [0.2, 0.25) is 0 Å². The molecule has 1 rings (SSSR count). The molecule has 1 amide bonds. The molecule has 1 N–H and O–H groups in total. The van der Waals surface area contributed by atoms with E-state index >= 15 is 0 Å². The third-order valence-corrected chi connectivity index (χ3v) is 19.8. The first kappa shape index (κ1) is 25.3. The Balaban J connectivity index is 2.33. The van der Waals surface area contributed by atoms with E-state index in [4.69, 9.17) is 9.47 Å². The summed E-state index contributed by atoms with van der Waals surface area (Å²) in [5.74, 6) is 0. The standard InChI is InChI=1S/C11H14NO3.3C4H9.Sn/c1-14-8-7-12-11(13)15-9-10-5-3-2-4-6-10;3*1-3-4-2;/h2-6H,1,7-9H2,(H,12,13);3*1,3-4H2,2H3;. The van der Waals surface area contributed by atoms with Crippen LogP contribution in [0.3, 0.4) is 0 Å². The molecule has 0 heterocycles. The van der Waals surface area contributed by atoms with Gasteiger partial charge in [0, 0.05) is 0 Å². The average molecular weight is 498 g/mol. The Morgan fingerprint density at radius 1 is 0.929 bits per heavy atom. The van der Waals surface area contributed by atoms with E-state index in [0.29, 0.717) is 19.8 Å². The van der Waals surface area contributed by atoms with Crippen LogP contribution in [-0.2, 0) is 16.1 Å². The van der Waals surface area contributed by atoms with Crippen molar-refractivity contribution < 1.29 is 14.3 Å².